The second-order valence-corrected chi connectivity index (χ2v) is 7.84. The second kappa shape index (κ2) is 8.55. The topological polar surface area (TPSA) is 72.9 Å². The molecule has 0 saturated carbocycles. The number of likely N-dealkylation sites (tertiary alicyclic amines) is 1. The highest BCUT2D eigenvalue weighted by Crippen LogP contribution is 2.31. The molecular formula is C21H29NO5. The van der Waals surface area contributed by atoms with Crippen molar-refractivity contribution in [1.29, 1.82) is 0 Å². The molecule has 2 rings (SSSR count). The number of hydrogen-bond donors (Lipinski definition) is 0. The molecule has 0 radical (unpaired) electrons. The zero-order chi connectivity index (χ0) is 20.1. The van der Waals surface area contributed by atoms with E-state index < -0.39 is 23.1 Å². The number of esters is 2. The van der Waals surface area contributed by atoms with E-state index in [9.17, 15) is 14.4 Å². The van der Waals surface area contributed by atoms with Crippen LogP contribution in [0.2, 0.25) is 0 Å². The van der Waals surface area contributed by atoms with Crippen molar-refractivity contribution < 1.29 is 23.9 Å². The summed E-state index contributed by atoms with van der Waals surface area (Å²) < 4.78 is 10.6. The number of aryl methyl sites for hydroxylation is 1. The lowest BCUT2D eigenvalue weighted by Crippen LogP contribution is -2.65. The Kier molecular flexibility index (Phi) is 6.63. The molecule has 0 bridgehead atoms. The first kappa shape index (κ1) is 20.9. The third-order valence-corrected chi connectivity index (χ3v) is 4.66. The minimum absolute atomic E-state index is 0.115. The Morgan fingerprint density at radius 3 is 2.30 bits per heavy atom. The number of benzene rings is 1. The van der Waals surface area contributed by atoms with Crippen molar-refractivity contribution in [3.05, 3.63) is 35.9 Å². The fourth-order valence-corrected chi connectivity index (χ4v) is 3.35. The van der Waals surface area contributed by atoms with Crippen LogP contribution in [0.1, 0.15) is 52.0 Å². The number of amides is 1. The van der Waals surface area contributed by atoms with Crippen LogP contribution in [0.25, 0.3) is 0 Å². The second-order valence-electron chi connectivity index (χ2n) is 7.84. The summed E-state index contributed by atoms with van der Waals surface area (Å²) >= 11 is 0. The average Bonchev–Trinajstić information content (AvgIpc) is 2.62. The summed E-state index contributed by atoms with van der Waals surface area (Å²) in [5.41, 5.74) is -1.59. The summed E-state index contributed by atoms with van der Waals surface area (Å²) in [6.45, 7) is 5.55. The number of hydrogen-bond acceptors (Lipinski definition) is 5. The summed E-state index contributed by atoms with van der Waals surface area (Å²) in [7, 11) is 1.23. The first-order chi connectivity index (χ1) is 12.7. The van der Waals surface area contributed by atoms with E-state index in [0.717, 1.165) is 18.4 Å². The van der Waals surface area contributed by atoms with Gasteiger partial charge in [-0.15, -0.1) is 0 Å². The van der Waals surface area contributed by atoms with E-state index in [0.29, 0.717) is 19.4 Å². The Labute approximate surface area is 160 Å². The molecule has 1 atom stereocenters. The monoisotopic (exact) mass is 375 g/mol. The van der Waals surface area contributed by atoms with Crippen molar-refractivity contribution >= 4 is 17.8 Å². The number of nitrogens with zero attached hydrogens (tertiary/aromatic N) is 1. The Hall–Kier alpha value is -2.37. The van der Waals surface area contributed by atoms with E-state index in [1.807, 2.05) is 30.3 Å². The molecule has 1 aromatic rings. The lowest BCUT2D eigenvalue weighted by atomic mass is 9.86. The van der Waals surface area contributed by atoms with Crippen LogP contribution in [0.5, 0.6) is 0 Å². The van der Waals surface area contributed by atoms with Crippen LogP contribution in [0.15, 0.2) is 30.3 Å². The largest absolute Gasteiger partial charge is 0.467 e. The molecule has 1 aliphatic rings. The maximum Gasteiger partial charge on any atom is 0.344 e. The molecule has 148 valence electrons. The molecule has 1 saturated heterocycles. The molecule has 0 aromatic heterocycles. The Morgan fingerprint density at radius 1 is 1.07 bits per heavy atom. The predicted octanol–water partition coefficient (Wildman–Crippen LogP) is 2.89. The van der Waals surface area contributed by atoms with Crippen molar-refractivity contribution in [2.45, 2.75) is 64.0 Å². The van der Waals surface area contributed by atoms with Gasteiger partial charge in [0.1, 0.15) is 5.60 Å². The number of piperidine rings is 1. The highest BCUT2D eigenvalue weighted by Gasteiger charge is 2.56. The van der Waals surface area contributed by atoms with Gasteiger partial charge in [-0.2, -0.15) is 0 Å². The summed E-state index contributed by atoms with van der Waals surface area (Å²) in [6, 6.07) is 9.55. The van der Waals surface area contributed by atoms with Gasteiger partial charge in [0.25, 0.3) is 0 Å². The van der Waals surface area contributed by atoms with Gasteiger partial charge in [0.2, 0.25) is 11.4 Å². The quantitative estimate of drug-likeness (QED) is 0.565. The first-order valence-corrected chi connectivity index (χ1v) is 9.37. The SMILES string of the molecule is COC(=O)C(CCc1ccccc1)(C(=O)OC(C)(C)C)N1CCCCC1=O. The van der Waals surface area contributed by atoms with E-state index >= 15 is 0 Å². The summed E-state index contributed by atoms with van der Waals surface area (Å²) in [5, 5.41) is 0. The maximum atomic E-state index is 13.2. The molecular weight excluding hydrogens is 346 g/mol. The van der Waals surface area contributed by atoms with E-state index in [4.69, 9.17) is 9.47 Å². The lowest BCUT2D eigenvalue weighted by Gasteiger charge is -2.42. The number of rotatable bonds is 6. The normalized spacial score (nSPS) is 17.2. The summed E-state index contributed by atoms with van der Waals surface area (Å²) in [5.74, 6) is -1.69. The molecule has 1 fully saturated rings. The van der Waals surface area contributed by atoms with Crippen LogP contribution < -0.4 is 0 Å². The predicted molar refractivity (Wildman–Crippen MR) is 101 cm³/mol. The first-order valence-electron chi connectivity index (χ1n) is 9.37. The maximum absolute atomic E-state index is 13.2. The Bertz CT molecular complexity index is 680. The van der Waals surface area contributed by atoms with Gasteiger partial charge < -0.3 is 14.4 Å². The van der Waals surface area contributed by atoms with Gasteiger partial charge in [-0.05, 0) is 52.0 Å². The minimum atomic E-state index is -1.77. The molecule has 6 nitrogen and oxygen atoms in total. The molecule has 6 heteroatoms. The molecule has 0 aliphatic carbocycles. The van der Waals surface area contributed by atoms with Crippen LogP contribution in [-0.2, 0) is 30.3 Å². The van der Waals surface area contributed by atoms with Gasteiger partial charge in [0.15, 0.2) is 0 Å². The zero-order valence-electron chi connectivity index (χ0n) is 16.6. The fourth-order valence-electron chi connectivity index (χ4n) is 3.35. The van der Waals surface area contributed by atoms with Crippen LogP contribution in [0.4, 0.5) is 0 Å². The number of ether oxygens (including phenoxy) is 2. The van der Waals surface area contributed by atoms with Crippen LogP contribution in [-0.4, -0.2) is 47.5 Å². The number of methoxy groups -OCH3 is 1. The zero-order valence-corrected chi connectivity index (χ0v) is 16.6. The highest BCUT2D eigenvalue weighted by molar-refractivity contribution is 6.08. The van der Waals surface area contributed by atoms with Crippen molar-refractivity contribution in [2.75, 3.05) is 13.7 Å². The third-order valence-electron chi connectivity index (χ3n) is 4.66. The smallest absolute Gasteiger partial charge is 0.344 e. The lowest BCUT2D eigenvalue weighted by molar-refractivity contribution is -0.186. The van der Waals surface area contributed by atoms with Gasteiger partial charge in [-0.1, -0.05) is 30.3 Å². The fraction of sp³-hybridized carbons (Fsp3) is 0.571. The van der Waals surface area contributed by atoms with Gasteiger partial charge in [0.05, 0.1) is 7.11 Å². The van der Waals surface area contributed by atoms with Gasteiger partial charge in [0, 0.05) is 13.0 Å². The Balaban J connectivity index is 2.45. The third kappa shape index (κ3) is 4.87. The molecule has 1 aliphatic heterocycles. The van der Waals surface area contributed by atoms with E-state index in [1.165, 1.54) is 12.0 Å². The van der Waals surface area contributed by atoms with Crippen LogP contribution >= 0.6 is 0 Å². The van der Waals surface area contributed by atoms with Crippen molar-refractivity contribution in [3.8, 4) is 0 Å². The van der Waals surface area contributed by atoms with Gasteiger partial charge >= 0.3 is 11.9 Å². The van der Waals surface area contributed by atoms with Crippen molar-refractivity contribution in [3.63, 3.8) is 0 Å². The van der Waals surface area contributed by atoms with Crippen molar-refractivity contribution in [1.82, 2.24) is 4.90 Å². The van der Waals surface area contributed by atoms with E-state index in [2.05, 4.69) is 0 Å². The minimum Gasteiger partial charge on any atom is -0.467 e. The van der Waals surface area contributed by atoms with Crippen LogP contribution in [0, 0.1) is 0 Å². The van der Waals surface area contributed by atoms with Crippen LogP contribution in [0.3, 0.4) is 0 Å². The highest BCUT2D eigenvalue weighted by atomic mass is 16.6. The van der Waals surface area contributed by atoms with Gasteiger partial charge in [-0.3, -0.25) is 4.79 Å². The standard InChI is InChI=1S/C21H29NO5/c1-20(2,3)27-19(25)21(18(24)26-4,22-15-9-8-12-17(22)23)14-13-16-10-6-5-7-11-16/h5-7,10-11H,8-9,12-15H2,1-4H3. The summed E-state index contributed by atoms with van der Waals surface area (Å²) in [6.07, 6.45) is 2.36. The average molecular weight is 375 g/mol. The molecule has 1 unspecified atom stereocenters. The van der Waals surface area contributed by atoms with Gasteiger partial charge in [-0.25, -0.2) is 9.59 Å². The van der Waals surface area contributed by atoms with Crippen molar-refractivity contribution in [2.24, 2.45) is 0 Å². The van der Waals surface area contributed by atoms with E-state index in [-0.39, 0.29) is 12.3 Å². The molecule has 1 heterocycles. The molecule has 0 N–H and O–H groups in total. The van der Waals surface area contributed by atoms with E-state index in [1.54, 1.807) is 20.8 Å². The number of carbonyl (C=O) groups excluding carboxylic acids is 3. The molecule has 27 heavy (non-hydrogen) atoms. The summed E-state index contributed by atoms with van der Waals surface area (Å²) in [4.78, 5) is 40.2. The Morgan fingerprint density at radius 2 is 1.74 bits per heavy atom. The molecule has 0 spiro atoms. The number of carbonyl (C=O) groups is 3. The molecule has 1 amide bonds. The molecule has 1 aromatic carbocycles.